The van der Waals surface area contributed by atoms with Gasteiger partial charge in [-0.3, -0.25) is 9.59 Å². The zero-order valence-electron chi connectivity index (χ0n) is 22.4. The number of benzene rings is 4. The number of carbonyl (C=O) groups is 2. The van der Waals surface area contributed by atoms with Crippen LogP contribution in [0.2, 0.25) is 10.0 Å². The predicted molar refractivity (Wildman–Crippen MR) is 163 cm³/mol. The molecule has 10 heteroatoms. The summed E-state index contributed by atoms with van der Waals surface area (Å²) >= 11 is 12.0. The minimum Gasteiger partial charge on any atom is -0.495 e. The van der Waals surface area contributed by atoms with E-state index in [4.69, 9.17) is 32.7 Å². The Hall–Kier alpha value is -4.66. The Morgan fingerprint density at radius 3 is 1.43 bits per heavy atom. The van der Waals surface area contributed by atoms with E-state index in [0.717, 1.165) is 11.1 Å². The largest absolute Gasteiger partial charge is 0.495 e. The van der Waals surface area contributed by atoms with Crippen LogP contribution in [-0.4, -0.2) is 26.0 Å². The fraction of sp³-hybridized carbons (Fsp3) is 0.0625. The van der Waals surface area contributed by atoms with Gasteiger partial charge in [-0.1, -0.05) is 47.5 Å². The zero-order chi connectivity index (χ0) is 30.2. The molecule has 0 unspecified atom stereocenters. The molecule has 0 fully saturated rings. The third-order valence-electron chi connectivity index (χ3n) is 6.05. The molecule has 4 aromatic carbocycles. The van der Waals surface area contributed by atoms with Crippen molar-refractivity contribution >= 4 is 58.5 Å². The maximum atomic E-state index is 14.0. The van der Waals surface area contributed by atoms with Crippen molar-refractivity contribution in [2.45, 2.75) is 0 Å². The Labute approximate surface area is 251 Å². The SMILES string of the molecule is COc1cc(-c2ccc(NC(=O)/C=C/c3c(F)cccc3Cl)c(OC)c2)ccc1NC(=O)/C=C/c1c(F)cccc1Cl. The van der Waals surface area contributed by atoms with E-state index < -0.39 is 23.4 Å². The molecule has 6 nitrogen and oxygen atoms in total. The zero-order valence-corrected chi connectivity index (χ0v) is 23.9. The minimum absolute atomic E-state index is 0.107. The molecule has 0 heterocycles. The monoisotopic (exact) mass is 608 g/mol. The molecule has 2 amide bonds. The van der Waals surface area contributed by atoms with Crippen molar-refractivity contribution in [2.75, 3.05) is 24.9 Å². The number of ether oxygens (including phenoxy) is 2. The maximum absolute atomic E-state index is 14.0. The van der Waals surface area contributed by atoms with Gasteiger partial charge in [0.25, 0.3) is 0 Å². The average molecular weight is 609 g/mol. The van der Waals surface area contributed by atoms with Crippen molar-refractivity contribution in [3.05, 3.63) is 118 Å². The van der Waals surface area contributed by atoms with E-state index in [1.807, 2.05) is 0 Å². The second-order valence-corrected chi connectivity index (χ2v) is 9.56. The molecule has 0 aliphatic carbocycles. The predicted octanol–water partition coefficient (Wildman–Crippen LogP) is 8.26. The van der Waals surface area contributed by atoms with Crippen LogP contribution in [0, 0.1) is 11.6 Å². The van der Waals surface area contributed by atoms with Crippen LogP contribution in [0.3, 0.4) is 0 Å². The Bertz CT molecular complexity index is 1540. The quantitative estimate of drug-likeness (QED) is 0.187. The first-order valence-electron chi connectivity index (χ1n) is 12.4. The van der Waals surface area contributed by atoms with Crippen LogP contribution in [0.15, 0.2) is 84.9 Å². The van der Waals surface area contributed by atoms with Gasteiger partial charge in [-0.2, -0.15) is 0 Å². The third kappa shape index (κ3) is 7.34. The van der Waals surface area contributed by atoms with Gasteiger partial charge in [-0.25, -0.2) is 8.78 Å². The summed E-state index contributed by atoms with van der Waals surface area (Å²) in [6, 6.07) is 18.8. The minimum atomic E-state index is -0.543. The molecule has 0 saturated heterocycles. The van der Waals surface area contributed by atoms with Gasteiger partial charge < -0.3 is 20.1 Å². The third-order valence-corrected chi connectivity index (χ3v) is 6.71. The van der Waals surface area contributed by atoms with Crippen molar-refractivity contribution < 1.29 is 27.8 Å². The van der Waals surface area contributed by atoms with Gasteiger partial charge in [0.05, 0.1) is 35.6 Å². The van der Waals surface area contributed by atoms with Gasteiger partial charge in [0.1, 0.15) is 23.1 Å². The van der Waals surface area contributed by atoms with Gasteiger partial charge in [0, 0.05) is 23.3 Å². The average Bonchev–Trinajstić information content (AvgIpc) is 2.97. The van der Waals surface area contributed by atoms with Crippen LogP contribution >= 0.6 is 23.2 Å². The van der Waals surface area contributed by atoms with Crippen molar-refractivity contribution in [3.63, 3.8) is 0 Å². The van der Waals surface area contributed by atoms with Crippen LogP contribution in [-0.2, 0) is 9.59 Å². The summed E-state index contributed by atoms with van der Waals surface area (Å²) < 4.78 is 38.9. The highest BCUT2D eigenvalue weighted by molar-refractivity contribution is 6.32. The molecule has 0 aliphatic rings. The van der Waals surface area contributed by atoms with Crippen LogP contribution < -0.4 is 20.1 Å². The normalized spacial score (nSPS) is 11.1. The molecule has 0 atom stereocenters. The topological polar surface area (TPSA) is 76.7 Å². The van der Waals surface area contributed by atoms with E-state index in [1.165, 1.54) is 74.9 Å². The molecule has 0 aromatic heterocycles. The van der Waals surface area contributed by atoms with E-state index in [0.29, 0.717) is 22.9 Å². The van der Waals surface area contributed by atoms with Gasteiger partial charge >= 0.3 is 0 Å². The molecule has 214 valence electrons. The Morgan fingerprint density at radius 1 is 0.667 bits per heavy atom. The summed E-state index contributed by atoms with van der Waals surface area (Å²) in [6.45, 7) is 0. The first-order valence-corrected chi connectivity index (χ1v) is 13.2. The van der Waals surface area contributed by atoms with Gasteiger partial charge in [0.15, 0.2) is 0 Å². The van der Waals surface area contributed by atoms with Gasteiger partial charge in [0.2, 0.25) is 11.8 Å². The second kappa shape index (κ2) is 13.8. The highest BCUT2D eigenvalue weighted by Crippen LogP contribution is 2.35. The number of anilines is 2. The second-order valence-electron chi connectivity index (χ2n) is 8.75. The molecule has 0 saturated carbocycles. The van der Waals surface area contributed by atoms with Crippen LogP contribution in [0.25, 0.3) is 23.3 Å². The molecule has 0 spiro atoms. The van der Waals surface area contributed by atoms with Crippen LogP contribution in [0.1, 0.15) is 11.1 Å². The number of carbonyl (C=O) groups excluding carboxylic acids is 2. The maximum Gasteiger partial charge on any atom is 0.248 e. The smallest absolute Gasteiger partial charge is 0.248 e. The molecule has 4 aromatic rings. The van der Waals surface area contributed by atoms with Crippen molar-refractivity contribution in [2.24, 2.45) is 0 Å². The number of halogens is 4. The number of amides is 2. The first-order chi connectivity index (χ1) is 20.2. The number of nitrogens with one attached hydrogen (secondary N) is 2. The van der Waals surface area contributed by atoms with E-state index in [-0.39, 0.29) is 21.2 Å². The van der Waals surface area contributed by atoms with Crippen LogP contribution in [0.5, 0.6) is 11.5 Å². The molecule has 0 radical (unpaired) electrons. The lowest BCUT2D eigenvalue weighted by atomic mass is 10.0. The van der Waals surface area contributed by atoms with E-state index in [1.54, 1.807) is 36.4 Å². The summed E-state index contributed by atoms with van der Waals surface area (Å²) in [7, 11) is 2.93. The lowest BCUT2D eigenvalue weighted by molar-refractivity contribution is -0.112. The first kappa shape index (κ1) is 30.3. The highest BCUT2D eigenvalue weighted by atomic mass is 35.5. The lowest BCUT2D eigenvalue weighted by Crippen LogP contribution is -2.09. The summed E-state index contributed by atoms with van der Waals surface area (Å²) in [5.41, 5.74) is 2.49. The van der Waals surface area contributed by atoms with Crippen molar-refractivity contribution in [3.8, 4) is 22.6 Å². The van der Waals surface area contributed by atoms with Crippen LogP contribution in [0.4, 0.5) is 20.2 Å². The van der Waals surface area contributed by atoms with Gasteiger partial charge in [-0.15, -0.1) is 0 Å². The highest BCUT2D eigenvalue weighted by Gasteiger charge is 2.13. The number of methoxy groups -OCH3 is 2. The molecule has 42 heavy (non-hydrogen) atoms. The standard InChI is InChI=1S/C32H24Cl2F2N2O4/c1-41-29-17-19(9-13-27(29)37-31(39)15-11-21-23(33)5-3-7-25(21)35)20-10-14-28(30(18-20)42-2)38-32(40)16-12-22-24(34)6-4-8-26(22)36/h3-18H,1-2H3,(H,37,39)(H,38,40)/b15-11+,16-12+. The lowest BCUT2D eigenvalue weighted by Gasteiger charge is -2.14. The Morgan fingerprint density at radius 2 is 1.07 bits per heavy atom. The summed E-state index contributed by atoms with van der Waals surface area (Å²) in [6.07, 6.45) is 4.95. The fourth-order valence-corrected chi connectivity index (χ4v) is 4.41. The molecule has 4 rings (SSSR count). The summed E-state index contributed by atoms with van der Waals surface area (Å²) in [5, 5.41) is 5.79. The molecular formula is C32H24Cl2F2N2O4. The van der Waals surface area contributed by atoms with E-state index in [9.17, 15) is 18.4 Å². The molecule has 2 N–H and O–H groups in total. The van der Waals surface area contributed by atoms with E-state index >= 15 is 0 Å². The van der Waals surface area contributed by atoms with Gasteiger partial charge in [-0.05, 0) is 71.8 Å². The summed E-state index contributed by atoms with van der Waals surface area (Å²) in [4.78, 5) is 25.0. The number of rotatable bonds is 9. The molecule has 0 aliphatic heterocycles. The Balaban J connectivity index is 1.49. The molecular weight excluding hydrogens is 585 g/mol. The Kier molecular flexibility index (Phi) is 9.96. The van der Waals surface area contributed by atoms with E-state index in [2.05, 4.69) is 10.6 Å². The summed E-state index contributed by atoms with van der Waals surface area (Å²) in [5.74, 6) is -1.34. The van der Waals surface area contributed by atoms with Crippen molar-refractivity contribution in [1.29, 1.82) is 0 Å². The molecule has 0 bridgehead atoms. The number of hydrogen-bond donors (Lipinski definition) is 2. The van der Waals surface area contributed by atoms with Crippen molar-refractivity contribution in [1.82, 2.24) is 0 Å². The number of hydrogen-bond acceptors (Lipinski definition) is 4. The fourth-order valence-electron chi connectivity index (χ4n) is 3.95.